The van der Waals surface area contributed by atoms with Crippen molar-refractivity contribution in [3.05, 3.63) is 51.1 Å². The largest absolute Gasteiger partial charge is 0.376 e. The molecule has 4 rings (SSSR count). The van der Waals surface area contributed by atoms with Gasteiger partial charge in [-0.2, -0.15) is 0 Å². The molecule has 1 amide bonds. The van der Waals surface area contributed by atoms with Crippen LogP contribution in [0.5, 0.6) is 0 Å². The number of thiazole rings is 1. The number of aromatic nitrogens is 2. The molecule has 8 heteroatoms. The fraction of sp³-hybridized carbons (Fsp3) is 0.381. The summed E-state index contributed by atoms with van der Waals surface area (Å²) in [5.74, 6) is 0.661. The Hall–Kier alpha value is -2.03. The smallest absolute Gasteiger partial charge is 0.233 e. The molecule has 0 unspecified atom stereocenters. The maximum atomic E-state index is 13.3. The second kappa shape index (κ2) is 8.77. The summed E-state index contributed by atoms with van der Waals surface area (Å²) in [7, 11) is 0. The molecule has 1 aromatic carbocycles. The Labute approximate surface area is 182 Å². The van der Waals surface area contributed by atoms with Crippen LogP contribution in [0.15, 0.2) is 38.6 Å². The van der Waals surface area contributed by atoms with Gasteiger partial charge in [-0.15, -0.1) is 11.3 Å². The van der Waals surface area contributed by atoms with E-state index < -0.39 is 0 Å². The third kappa shape index (κ3) is 4.60. The highest BCUT2D eigenvalue weighted by Gasteiger charge is 2.27. The number of carbonyl (C=O) groups is 1. The zero-order valence-electron chi connectivity index (χ0n) is 16.4. The van der Waals surface area contributed by atoms with Gasteiger partial charge >= 0.3 is 0 Å². The molecular formula is C21H22BrN3O3S. The minimum atomic E-state index is -0.0217. The van der Waals surface area contributed by atoms with Crippen molar-refractivity contribution in [1.29, 1.82) is 0 Å². The van der Waals surface area contributed by atoms with Crippen molar-refractivity contribution in [3.63, 3.8) is 0 Å². The lowest BCUT2D eigenvalue weighted by Crippen LogP contribution is -2.38. The van der Waals surface area contributed by atoms with Crippen LogP contribution in [0.4, 0.5) is 5.13 Å². The Balaban J connectivity index is 1.60. The maximum absolute atomic E-state index is 13.3. The van der Waals surface area contributed by atoms with Gasteiger partial charge in [-0.3, -0.25) is 9.69 Å². The standard InChI is InChI=1S/C21H22BrN3O3S/c1-13-18(14(2)28-24-13)10-20(26)25(11-17-4-3-9-27-17)21-23-19(12-29-21)15-5-7-16(22)8-6-15/h5-8,12,17H,3-4,9-11H2,1-2H3/t17-/m1/s1. The van der Waals surface area contributed by atoms with E-state index >= 15 is 0 Å². The predicted molar refractivity (Wildman–Crippen MR) is 116 cm³/mol. The molecule has 1 fully saturated rings. The van der Waals surface area contributed by atoms with Crippen LogP contribution in [0.3, 0.4) is 0 Å². The molecule has 0 spiro atoms. The van der Waals surface area contributed by atoms with Gasteiger partial charge in [-0.05, 0) is 38.8 Å². The van der Waals surface area contributed by atoms with Crippen LogP contribution in [0, 0.1) is 13.8 Å². The minimum Gasteiger partial charge on any atom is -0.376 e. The van der Waals surface area contributed by atoms with E-state index in [2.05, 4.69) is 21.1 Å². The average Bonchev–Trinajstić information content (AvgIpc) is 3.45. The molecule has 1 aliphatic rings. The SMILES string of the molecule is Cc1noc(C)c1CC(=O)N(C[C@H]1CCCO1)c1nc(-c2ccc(Br)cc2)cs1. The Kier molecular flexibility index (Phi) is 6.12. The Bertz CT molecular complexity index is 974. The molecule has 0 bridgehead atoms. The fourth-order valence-corrected chi connectivity index (χ4v) is 4.55. The maximum Gasteiger partial charge on any atom is 0.233 e. The van der Waals surface area contributed by atoms with Crippen LogP contribution in [0.2, 0.25) is 0 Å². The predicted octanol–water partition coefficient (Wildman–Crippen LogP) is 4.93. The zero-order valence-corrected chi connectivity index (χ0v) is 18.8. The number of benzene rings is 1. The first-order valence-corrected chi connectivity index (χ1v) is 11.2. The van der Waals surface area contributed by atoms with E-state index in [0.717, 1.165) is 46.4 Å². The Morgan fingerprint density at radius 3 is 2.76 bits per heavy atom. The molecule has 1 aliphatic heterocycles. The lowest BCUT2D eigenvalue weighted by atomic mass is 10.1. The molecule has 0 aliphatic carbocycles. The monoisotopic (exact) mass is 475 g/mol. The molecule has 0 saturated carbocycles. The molecule has 0 N–H and O–H groups in total. The molecule has 0 radical (unpaired) electrons. The number of amides is 1. The second-order valence-corrected chi connectivity index (χ2v) is 8.89. The summed E-state index contributed by atoms with van der Waals surface area (Å²) >= 11 is 4.93. The van der Waals surface area contributed by atoms with Crippen molar-refractivity contribution in [1.82, 2.24) is 10.1 Å². The van der Waals surface area contributed by atoms with Gasteiger partial charge in [0.1, 0.15) is 5.76 Å². The van der Waals surface area contributed by atoms with Gasteiger partial charge in [0, 0.05) is 27.6 Å². The highest BCUT2D eigenvalue weighted by atomic mass is 79.9. The summed E-state index contributed by atoms with van der Waals surface area (Å²) < 4.78 is 12.0. The molecule has 1 atom stereocenters. The number of anilines is 1. The van der Waals surface area contributed by atoms with Crippen molar-refractivity contribution in [2.45, 2.75) is 39.2 Å². The highest BCUT2D eigenvalue weighted by molar-refractivity contribution is 9.10. The molecule has 29 heavy (non-hydrogen) atoms. The van der Waals surface area contributed by atoms with Crippen LogP contribution in [0.25, 0.3) is 11.3 Å². The van der Waals surface area contributed by atoms with Crippen molar-refractivity contribution in [2.24, 2.45) is 0 Å². The molecule has 3 aromatic rings. The Morgan fingerprint density at radius 1 is 1.31 bits per heavy atom. The molecule has 3 heterocycles. The summed E-state index contributed by atoms with van der Waals surface area (Å²) in [6.45, 7) is 4.95. The normalized spacial score (nSPS) is 16.3. The van der Waals surface area contributed by atoms with Crippen molar-refractivity contribution >= 4 is 38.3 Å². The third-order valence-corrected chi connectivity index (χ3v) is 6.48. The number of nitrogens with zero attached hydrogens (tertiary/aromatic N) is 3. The van der Waals surface area contributed by atoms with Crippen LogP contribution in [-0.2, 0) is 16.0 Å². The van der Waals surface area contributed by atoms with Gasteiger partial charge in [0.05, 0.1) is 30.5 Å². The summed E-state index contributed by atoms with van der Waals surface area (Å²) in [6, 6.07) is 8.00. The van der Waals surface area contributed by atoms with E-state index in [-0.39, 0.29) is 18.4 Å². The van der Waals surface area contributed by atoms with Crippen molar-refractivity contribution < 1.29 is 14.1 Å². The van der Waals surface area contributed by atoms with E-state index in [1.807, 2.05) is 43.5 Å². The number of hydrogen-bond acceptors (Lipinski definition) is 6. The third-order valence-electron chi connectivity index (χ3n) is 5.08. The average molecular weight is 476 g/mol. The van der Waals surface area contributed by atoms with Gasteiger partial charge < -0.3 is 9.26 Å². The number of ether oxygens (including phenoxy) is 1. The number of rotatable bonds is 6. The van der Waals surface area contributed by atoms with Gasteiger partial charge in [0.15, 0.2) is 5.13 Å². The van der Waals surface area contributed by atoms with E-state index in [1.165, 1.54) is 11.3 Å². The molecule has 2 aromatic heterocycles. The Morgan fingerprint density at radius 2 is 2.10 bits per heavy atom. The molecule has 6 nitrogen and oxygen atoms in total. The summed E-state index contributed by atoms with van der Waals surface area (Å²) in [5, 5.41) is 6.65. The molecule has 152 valence electrons. The first kappa shape index (κ1) is 20.3. The summed E-state index contributed by atoms with van der Waals surface area (Å²) in [6.07, 6.45) is 2.27. The van der Waals surface area contributed by atoms with E-state index in [0.29, 0.717) is 17.4 Å². The first-order chi connectivity index (χ1) is 14.0. The number of halogens is 1. The van der Waals surface area contributed by atoms with Crippen molar-refractivity contribution in [3.8, 4) is 11.3 Å². The molecular weight excluding hydrogens is 454 g/mol. The van der Waals surface area contributed by atoms with E-state index in [4.69, 9.17) is 14.2 Å². The van der Waals surface area contributed by atoms with Crippen LogP contribution >= 0.6 is 27.3 Å². The number of hydrogen-bond donors (Lipinski definition) is 0. The minimum absolute atomic E-state index is 0.0217. The molecule has 1 saturated heterocycles. The van der Waals surface area contributed by atoms with Gasteiger partial charge in [0.2, 0.25) is 5.91 Å². The van der Waals surface area contributed by atoms with Gasteiger partial charge in [-0.25, -0.2) is 4.98 Å². The quantitative estimate of drug-likeness (QED) is 0.505. The van der Waals surface area contributed by atoms with E-state index in [9.17, 15) is 4.79 Å². The topological polar surface area (TPSA) is 68.5 Å². The fourth-order valence-electron chi connectivity index (χ4n) is 3.42. The second-order valence-electron chi connectivity index (χ2n) is 7.14. The lowest BCUT2D eigenvalue weighted by Gasteiger charge is -2.23. The van der Waals surface area contributed by atoms with Gasteiger partial charge in [0.25, 0.3) is 0 Å². The van der Waals surface area contributed by atoms with Crippen LogP contribution < -0.4 is 4.90 Å². The zero-order chi connectivity index (χ0) is 20.4. The van der Waals surface area contributed by atoms with Gasteiger partial charge in [-0.1, -0.05) is 33.2 Å². The summed E-state index contributed by atoms with van der Waals surface area (Å²) in [5.41, 5.74) is 3.48. The lowest BCUT2D eigenvalue weighted by molar-refractivity contribution is -0.118. The number of carbonyl (C=O) groups excluding carboxylic acids is 1. The summed E-state index contributed by atoms with van der Waals surface area (Å²) in [4.78, 5) is 19.8. The highest BCUT2D eigenvalue weighted by Crippen LogP contribution is 2.30. The van der Waals surface area contributed by atoms with Crippen LogP contribution in [-0.4, -0.2) is 35.3 Å². The first-order valence-electron chi connectivity index (χ1n) is 9.56. The van der Waals surface area contributed by atoms with E-state index in [1.54, 1.807) is 4.90 Å². The number of aryl methyl sites for hydroxylation is 2. The van der Waals surface area contributed by atoms with Crippen molar-refractivity contribution in [2.75, 3.05) is 18.1 Å². The van der Waals surface area contributed by atoms with Crippen LogP contribution in [0.1, 0.15) is 29.9 Å².